The van der Waals surface area contributed by atoms with Gasteiger partial charge in [-0.05, 0) is 19.1 Å². The van der Waals surface area contributed by atoms with Crippen molar-refractivity contribution < 1.29 is 4.79 Å². The van der Waals surface area contributed by atoms with Crippen LogP contribution >= 0.6 is 11.8 Å². The number of fused-ring (bicyclic) bond motifs is 2. The van der Waals surface area contributed by atoms with E-state index in [9.17, 15) is 9.59 Å². The van der Waals surface area contributed by atoms with Crippen molar-refractivity contribution >= 4 is 34.3 Å². The summed E-state index contributed by atoms with van der Waals surface area (Å²) in [5, 5.41) is 6.10. The molecule has 1 atom stereocenters. The Balaban J connectivity index is 1.34. The predicted octanol–water partition coefficient (Wildman–Crippen LogP) is 2.93. The van der Waals surface area contributed by atoms with Crippen LogP contribution in [0.15, 0.2) is 70.6 Å². The molecule has 5 rings (SSSR count). The third kappa shape index (κ3) is 4.00. The molecule has 5 aromatic rings. The van der Waals surface area contributed by atoms with Crippen molar-refractivity contribution in [3.8, 4) is 11.4 Å². The number of carbonyl (C=O) groups is 1. The second kappa shape index (κ2) is 8.31. The number of benzene rings is 2. The number of hydrogen-bond donors (Lipinski definition) is 3. The monoisotopic (exact) mass is 445 g/mol. The van der Waals surface area contributed by atoms with Gasteiger partial charge < -0.3 is 10.3 Å². The molecular formula is C22H19N7O2S. The smallest absolute Gasteiger partial charge is 0.266 e. The maximum atomic E-state index is 12.6. The summed E-state index contributed by atoms with van der Waals surface area (Å²) in [5.41, 5.74) is 2.77. The van der Waals surface area contributed by atoms with E-state index in [-0.39, 0.29) is 23.3 Å². The van der Waals surface area contributed by atoms with Gasteiger partial charge in [-0.15, -0.1) is 0 Å². The normalized spacial score (nSPS) is 12.3. The first-order valence-electron chi connectivity index (χ1n) is 9.99. The number of H-pyrrole nitrogens is 2. The van der Waals surface area contributed by atoms with Gasteiger partial charge in [0, 0.05) is 11.6 Å². The van der Waals surface area contributed by atoms with E-state index in [1.807, 2.05) is 61.5 Å². The van der Waals surface area contributed by atoms with Gasteiger partial charge in [0.05, 0.1) is 22.8 Å². The van der Waals surface area contributed by atoms with Crippen molar-refractivity contribution in [3.05, 3.63) is 76.8 Å². The maximum Gasteiger partial charge on any atom is 0.266 e. The van der Waals surface area contributed by atoms with Gasteiger partial charge in [-0.2, -0.15) is 0 Å². The van der Waals surface area contributed by atoms with E-state index in [1.54, 1.807) is 0 Å². The van der Waals surface area contributed by atoms with Gasteiger partial charge in [0.1, 0.15) is 5.82 Å². The van der Waals surface area contributed by atoms with Gasteiger partial charge in [-0.25, -0.2) is 19.5 Å². The van der Waals surface area contributed by atoms with E-state index in [4.69, 9.17) is 0 Å². The molecule has 0 radical (unpaired) electrons. The Labute approximate surface area is 186 Å². The van der Waals surface area contributed by atoms with E-state index >= 15 is 0 Å². The topological polar surface area (TPSA) is 121 Å². The third-order valence-electron chi connectivity index (χ3n) is 4.88. The summed E-state index contributed by atoms with van der Waals surface area (Å²) in [6.45, 7) is 1.88. The number of thioether (sulfide) groups is 1. The number of carbonyl (C=O) groups excluding carboxylic acids is 1. The highest BCUT2D eigenvalue weighted by Gasteiger charge is 2.16. The number of para-hydroxylation sites is 2. The lowest BCUT2D eigenvalue weighted by Gasteiger charge is -2.12. The van der Waals surface area contributed by atoms with Crippen LogP contribution in [0.2, 0.25) is 0 Å². The summed E-state index contributed by atoms with van der Waals surface area (Å²) in [4.78, 5) is 41.3. The van der Waals surface area contributed by atoms with Crippen LogP contribution in [-0.4, -0.2) is 41.2 Å². The Morgan fingerprint density at radius 1 is 1.09 bits per heavy atom. The molecular weight excluding hydrogens is 426 g/mol. The van der Waals surface area contributed by atoms with Crippen LogP contribution in [0, 0.1) is 0 Å². The molecule has 0 aliphatic rings. The summed E-state index contributed by atoms with van der Waals surface area (Å²) in [6, 6.07) is 18.3. The zero-order chi connectivity index (χ0) is 22.1. The van der Waals surface area contributed by atoms with Gasteiger partial charge in [-0.1, -0.05) is 54.2 Å². The van der Waals surface area contributed by atoms with E-state index in [1.165, 1.54) is 22.3 Å². The number of rotatable bonds is 6. The van der Waals surface area contributed by atoms with Crippen molar-refractivity contribution in [2.45, 2.75) is 18.1 Å². The van der Waals surface area contributed by atoms with Crippen LogP contribution in [0.1, 0.15) is 18.8 Å². The summed E-state index contributed by atoms with van der Waals surface area (Å²) in [5.74, 6) is 1.12. The fourth-order valence-corrected chi connectivity index (χ4v) is 4.12. The average molecular weight is 446 g/mol. The molecule has 0 aliphatic heterocycles. The highest BCUT2D eigenvalue weighted by molar-refractivity contribution is 7.99. The number of aromatic amines is 2. The largest absolute Gasteiger partial charge is 0.346 e. The zero-order valence-corrected chi connectivity index (χ0v) is 17.9. The zero-order valence-electron chi connectivity index (χ0n) is 17.1. The quantitative estimate of drug-likeness (QED) is 0.346. The second-order valence-corrected chi connectivity index (χ2v) is 8.17. The van der Waals surface area contributed by atoms with E-state index in [2.05, 4.69) is 30.4 Å². The van der Waals surface area contributed by atoms with Crippen LogP contribution in [0.4, 0.5) is 0 Å². The number of hydrogen-bond acceptors (Lipinski definition) is 6. The Morgan fingerprint density at radius 2 is 1.88 bits per heavy atom. The van der Waals surface area contributed by atoms with Gasteiger partial charge in [0.2, 0.25) is 5.91 Å². The molecule has 1 unspecified atom stereocenters. The second-order valence-electron chi connectivity index (χ2n) is 7.23. The van der Waals surface area contributed by atoms with Crippen molar-refractivity contribution in [3.63, 3.8) is 0 Å². The summed E-state index contributed by atoms with van der Waals surface area (Å²) in [7, 11) is 0. The van der Waals surface area contributed by atoms with Gasteiger partial charge >= 0.3 is 0 Å². The predicted molar refractivity (Wildman–Crippen MR) is 122 cm³/mol. The number of imidazole rings is 1. The van der Waals surface area contributed by atoms with Crippen LogP contribution in [-0.2, 0) is 4.79 Å². The standard InChI is InChI=1S/C22H19N7O2S/c1-13(20-24-15-9-5-6-10-16(15)25-20)23-19(31)12-32-22-27-21(14-7-3-2-4-8-14)26-17-11-18(30)28-29(17)22/h2-11,13H,12H2,1H3,(H,23,31)(H,24,25)(H,28,30). The minimum absolute atomic E-state index is 0.116. The van der Waals surface area contributed by atoms with Gasteiger partial charge in [0.25, 0.3) is 5.56 Å². The molecule has 160 valence electrons. The van der Waals surface area contributed by atoms with Crippen LogP contribution in [0.5, 0.6) is 0 Å². The molecule has 3 heterocycles. The number of nitrogens with one attached hydrogen (secondary N) is 3. The first-order chi connectivity index (χ1) is 15.6. The first kappa shape index (κ1) is 20.0. The fourth-order valence-electron chi connectivity index (χ4n) is 3.36. The third-order valence-corrected chi connectivity index (χ3v) is 5.82. The Kier molecular flexibility index (Phi) is 5.20. The fraction of sp³-hybridized carbons (Fsp3) is 0.136. The molecule has 0 spiro atoms. The molecule has 2 aromatic carbocycles. The Morgan fingerprint density at radius 3 is 2.69 bits per heavy atom. The molecule has 3 N–H and O–H groups in total. The molecule has 10 heteroatoms. The number of aromatic nitrogens is 6. The lowest BCUT2D eigenvalue weighted by molar-refractivity contribution is -0.119. The first-order valence-corrected chi connectivity index (χ1v) is 11.0. The molecule has 0 fully saturated rings. The van der Waals surface area contributed by atoms with Crippen LogP contribution < -0.4 is 10.9 Å². The van der Waals surface area contributed by atoms with Crippen molar-refractivity contribution in [1.29, 1.82) is 0 Å². The van der Waals surface area contributed by atoms with E-state index in [0.29, 0.717) is 22.5 Å². The van der Waals surface area contributed by atoms with Gasteiger partial charge in [-0.3, -0.25) is 14.7 Å². The number of amides is 1. The molecule has 0 saturated carbocycles. The molecule has 32 heavy (non-hydrogen) atoms. The molecule has 3 aromatic heterocycles. The Hall–Kier alpha value is -3.92. The van der Waals surface area contributed by atoms with Crippen molar-refractivity contribution in [2.24, 2.45) is 0 Å². The average Bonchev–Trinajstić information content (AvgIpc) is 3.40. The van der Waals surface area contributed by atoms with Crippen molar-refractivity contribution in [1.82, 2.24) is 34.9 Å². The van der Waals surface area contributed by atoms with Crippen LogP contribution in [0.25, 0.3) is 28.1 Å². The highest BCUT2D eigenvalue weighted by Crippen LogP contribution is 2.22. The lowest BCUT2D eigenvalue weighted by Crippen LogP contribution is -2.29. The van der Waals surface area contributed by atoms with Crippen LogP contribution in [0.3, 0.4) is 0 Å². The molecule has 0 saturated heterocycles. The SMILES string of the molecule is CC(NC(=O)CSc1nc(-c2ccccc2)nc2cc(=O)[nH]n12)c1nc2ccccc2[nH]1. The van der Waals surface area contributed by atoms with E-state index < -0.39 is 0 Å². The number of nitrogens with zero attached hydrogens (tertiary/aromatic N) is 4. The van der Waals surface area contributed by atoms with E-state index in [0.717, 1.165) is 16.6 Å². The molecule has 0 bridgehead atoms. The highest BCUT2D eigenvalue weighted by atomic mass is 32.2. The maximum absolute atomic E-state index is 12.6. The molecule has 9 nitrogen and oxygen atoms in total. The summed E-state index contributed by atoms with van der Waals surface area (Å²) in [6.07, 6.45) is 0. The van der Waals surface area contributed by atoms with Crippen molar-refractivity contribution in [2.75, 3.05) is 5.75 Å². The van der Waals surface area contributed by atoms with Gasteiger partial charge in [0.15, 0.2) is 16.6 Å². The summed E-state index contributed by atoms with van der Waals surface area (Å²) >= 11 is 1.22. The summed E-state index contributed by atoms with van der Waals surface area (Å²) < 4.78 is 1.50. The molecule has 0 aliphatic carbocycles. The molecule has 1 amide bonds. The lowest BCUT2D eigenvalue weighted by atomic mass is 10.2. The minimum atomic E-state index is -0.285. The Bertz CT molecular complexity index is 1440. The minimum Gasteiger partial charge on any atom is -0.346 e.